The number of primary amides is 1. The molecule has 10 heteroatoms. The molecule has 0 bridgehead atoms. The summed E-state index contributed by atoms with van der Waals surface area (Å²) in [6, 6.07) is 2.80. The predicted octanol–water partition coefficient (Wildman–Crippen LogP) is 2.68. The van der Waals surface area contributed by atoms with Crippen molar-refractivity contribution in [3.63, 3.8) is 0 Å². The second-order valence-electron chi connectivity index (χ2n) is 9.78. The van der Waals surface area contributed by atoms with E-state index in [1.54, 1.807) is 0 Å². The van der Waals surface area contributed by atoms with Crippen molar-refractivity contribution >= 4 is 29.1 Å². The number of carbonyl (C=O) groups is 3. The molecule has 33 heavy (non-hydrogen) atoms. The highest BCUT2D eigenvalue weighted by Crippen LogP contribution is 2.34. The molecule has 3 rings (SSSR count). The number of rotatable bonds is 8. The average molecular weight is 467 g/mol. The molecule has 1 saturated carbocycles. The number of anilines is 2. The zero-order chi connectivity index (χ0) is 24.3. The molecule has 2 fully saturated rings. The Kier molecular flexibility index (Phi) is 7.69. The van der Waals surface area contributed by atoms with Gasteiger partial charge in [-0.25, -0.2) is 8.78 Å². The second kappa shape index (κ2) is 10.1. The van der Waals surface area contributed by atoms with Crippen LogP contribution in [0, 0.1) is 5.41 Å². The predicted molar refractivity (Wildman–Crippen MR) is 120 cm³/mol. The van der Waals surface area contributed by atoms with Crippen molar-refractivity contribution < 1.29 is 27.9 Å². The number of alkyl halides is 2. The summed E-state index contributed by atoms with van der Waals surface area (Å²) in [5.41, 5.74) is 5.24. The van der Waals surface area contributed by atoms with Crippen LogP contribution in [0.1, 0.15) is 52.0 Å². The van der Waals surface area contributed by atoms with E-state index >= 15 is 0 Å². The van der Waals surface area contributed by atoms with Gasteiger partial charge in [0.15, 0.2) is 6.04 Å². The highest BCUT2D eigenvalue weighted by Gasteiger charge is 2.40. The minimum atomic E-state index is -2.87. The lowest BCUT2D eigenvalue weighted by Gasteiger charge is -2.43. The Balaban J connectivity index is 1.85. The summed E-state index contributed by atoms with van der Waals surface area (Å²) in [5, 5.41) is 2.59. The number of hydrogen-bond donors (Lipinski definition) is 2. The molecule has 0 unspecified atom stereocenters. The SMILES string of the molecule is CC(C)(C)CN(C1CCC1)[C@H](C(N)=O)C(=O)Nc1ccc(N2CCOCC2=O)c(C(F)F)c1. The first-order chi connectivity index (χ1) is 15.5. The van der Waals surface area contributed by atoms with Crippen molar-refractivity contribution in [3.8, 4) is 0 Å². The Morgan fingerprint density at radius 3 is 2.52 bits per heavy atom. The number of amides is 3. The summed E-state index contributed by atoms with van der Waals surface area (Å²) in [4.78, 5) is 40.6. The van der Waals surface area contributed by atoms with E-state index in [9.17, 15) is 23.2 Å². The molecule has 1 aromatic rings. The van der Waals surface area contributed by atoms with Crippen molar-refractivity contribution in [1.29, 1.82) is 0 Å². The third-order valence-corrected chi connectivity index (χ3v) is 5.86. The maximum absolute atomic E-state index is 13.8. The van der Waals surface area contributed by atoms with Gasteiger partial charge in [0.25, 0.3) is 18.2 Å². The van der Waals surface area contributed by atoms with E-state index in [-0.39, 0.29) is 48.2 Å². The van der Waals surface area contributed by atoms with Crippen LogP contribution in [0.3, 0.4) is 0 Å². The lowest BCUT2D eigenvalue weighted by molar-refractivity contribution is -0.135. The van der Waals surface area contributed by atoms with Gasteiger partial charge in [0.05, 0.1) is 12.3 Å². The largest absolute Gasteiger partial charge is 0.370 e. The van der Waals surface area contributed by atoms with Crippen LogP contribution in [0.25, 0.3) is 0 Å². The lowest BCUT2D eigenvalue weighted by Crippen LogP contribution is -2.59. The van der Waals surface area contributed by atoms with Crippen LogP contribution in [-0.2, 0) is 19.1 Å². The van der Waals surface area contributed by atoms with Gasteiger partial charge in [0.1, 0.15) is 6.61 Å². The van der Waals surface area contributed by atoms with E-state index in [0.717, 1.165) is 25.3 Å². The standard InChI is InChI=1S/C23H32F2N4O4/c1-23(2,3)13-29(15-5-4-6-15)19(21(26)31)22(32)27-14-7-8-17(16(11-14)20(24)25)28-9-10-33-12-18(28)30/h7-8,11,15,19-20H,4-6,9-10,12-13H2,1-3H3,(H2,26,31)(H,27,32)/t19-/m1/s1. The summed E-state index contributed by atoms with van der Waals surface area (Å²) >= 11 is 0. The first-order valence-corrected chi connectivity index (χ1v) is 11.1. The normalized spacial score (nSPS) is 18.4. The molecule has 1 aliphatic carbocycles. The first-order valence-electron chi connectivity index (χ1n) is 11.1. The van der Waals surface area contributed by atoms with Crippen LogP contribution in [0.15, 0.2) is 18.2 Å². The van der Waals surface area contributed by atoms with E-state index in [4.69, 9.17) is 10.5 Å². The van der Waals surface area contributed by atoms with Crippen LogP contribution >= 0.6 is 0 Å². The van der Waals surface area contributed by atoms with Crippen LogP contribution in [0.4, 0.5) is 20.2 Å². The molecular weight excluding hydrogens is 434 g/mol. The van der Waals surface area contributed by atoms with Crippen molar-refractivity contribution in [2.24, 2.45) is 11.1 Å². The fourth-order valence-corrected chi connectivity index (χ4v) is 4.18. The summed E-state index contributed by atoms with van der Waals surface area (Å²) in [6.45, 7) is 6.75. The van der Waals surface area contributed by atoms with Crippen LogP contribution in [0.2, 0.25) is 0 Å². The molecule has 1 atom stereocenters. The average Bonchev–Trinajstić information content (AvgIpc) is 2.65. The molecular formula is C23H32F2N4O4. The number of nitrogens with zero attached hydrogens (tertiary/aromatic N) is 2. The number of nitrogens with one attached hydrogen (secondary N) is 1. The van der Waals surface area contributed by atoms with Crippen molar-refractivity contribution in [2.45, 2.75) is 58.5 Å². The number of halogens is 2. The van der Waals surface area contributed by atoms with E-state index in [1.807, 2.05) is 25.7 Å². The van der Waals surface area contributed by atoms with E-state index in [2.05, 4.69) is 5.32 Å². The van der Waals surface area contributed by atoms with Crippen molar-refractivity contribution in [3.05, 3.63) is 23.8 Å². The van der Waals surface area contributed by atoms with Gasteiger partial charge in [-0.15, -0.1) is 0 Å². The highest BCUT2D eigenvalue weighted by atomic mass is 19.3. The molecule has 1 aromatic carbocycles. The molecule has 0 radical (unpaired) electrons. The third-order valence-electron chi connectivity index (χ3n) is 5.86. The molecule has 3 N–H and O–H groups in total. The maximum atomic E-state index is 13.8. The Bertz CT molecular complexity index is 899. The number of hydrogen-bond acceptors (Lipinski definition) is 5. The topological polar surface area (TPSA) is 105 Å². The lowest BCUT2D eigenvalue weighted by atomic mass is 9.86. The molecule has 0 spiro atoms. The van der Waals surface area contributed by atoms with Crippen LogP contribution in [0.5, 0.6) is 0 Å². The molecule has 1 heterocycles. The number of morpholine rings is 1. The first kappa shape index (κ1) is 25.0. The molecule has 182 valence electrons. The van der Waals surface area contributed by atoms with Crippen molar-refractivity contribution in [2.75, 3.05) is 36.5 Å². The quantitative estimate of drug-likeness (QED) is 0.573. The molecule has 8 nitrogen and oxygen atoms in total. The van der Waals surface area contributed by atoms with Gasteiger partial charge in [-0.3, -0.25) is 19.3 Å². The zero-order valence-electron chi connectivity index (χ0n) is 19.3. The summed E-state index contributed by atoms with van der Waals surface area (Å²) in [7, 11) is 0. The van der Waals surface area contributed by atoms with Gasteiger partial charge < -0.3 is 20.7 Å². The Morgan fingerprint density at radius 1 is 1.30 bits per heavy atom. The number of nitrogens with two attached hydrogens (primary N) is 1. The molecule has 0 aromatic heterocycles. The number of benzene rings is 1. The second-order valence-corrected chi connectivity index (χ2v) is 9.78. The van der Waals surface area contributed by atoms with E-state index in [0.29, 0.717) is 6.54 Å². The van der Waals surface area contributed by atoms with E-state index in [1.165, 1.54) is 17.0 Å². The Morgan fingerprint density at radius 2 is 2.00 bits per heavy atom. The van der Waals surface area contributed by atoms with Gasteiger partial charge in [-0.1, -0.05) is 27.2 Å². The smallest absolute Gasteiger partial charge is 0.265 e. The van der Waals surface area contributed by atoms with Crippen LogP contribution in [-0.4, -0.2) is 61.0 Å². The fourth-order valence-electron chi connectivity index (χ4n) is 4.18. The van der Waals surface area contributed by atoms with Gasteiger partial charge in [0, 0.05) is 30.4 Å². The van der Waals surface area contributed by atoms with Crippen LogP contribution < -0.4 is 16.0 Å². The third kappa shape index (κ3) is 6.05. The van der Waals surface area contributed by atoms with E-state index < -0.39 is 30.2 Å². The zero-order valence-corrected chi connectivity index (χ0v) is 19.3. The Hall–Kier alpha value is -2.59. The van der Waals surface area contributed by atoms with Gasteiger partial charge in [-0.2, -0.15) is 0 Å². The fraction of sp³-hybridized carbons (Fsp3) is 0.609. The van der Waals surface area contributed by atoms with Gasteiger partial charge >= 0.3 is 0 Å². The Labute approximate surface area is 192 Å². The summed E-state index contributed by atoms with van der Waals surface area (Å²) in [5.74, 6) is -1.85. The molecule has 1 aliphatic heterocycles. The highest BCUT2D eigenvalue weighted by molar-refractivity contribution is 6.09. The van der Waals surface area contributed by atoms with Crippen molar-refractivity contribution in [1.82, 2.24) is 4.90 Å². The molecule has 1 saturated heterocycles. The summed E-state index contributed by atoms with van der Waals surface area (Å²) in [6.07, 6.45) is -0.125. The molecule has 3 amide bonds. The minimum absolute atomic E-state index is 0.0683. The minimum Gasteiger partial charge on any atom is -0.370 e. The maximum Gasteiger partial charge on any atom is 0.265 e. The number of ether oxygens (including phenoxy) is 1. The molecule has 2 aliphatic rings. The van der Waals surface area contributed by atoms with Gasteiger partial charge in [-0.05, 0) is 36.5 Å². The monoisotopic (exact) mass is 466 g/mol. The summed E-state index contributed by atoms with van der Waals surface area (Å²) < 4.78 is 32.7. The number of carbonyl (C=O) groups excluding carboxylic acids is 3. The van der Waals surface area contributed by atoms with Gasteiger partial charge in [0.2, 0.25) is 5.91 Å².